The molecule has 0 saturated heterocycles. The lowest BCUT2D eigenvalue weighted by Crippen LogP contribution is -2.13. The molecule has 0 aromatic heterocycles. The molecule has 1 aromatic carbocycles. The number of carbonyl (C=O) groups excluding carboxylic acids is 1. The van der Waals surface area contributed by atoms with E-state index in [0.717, 1.165) is 17.2 Å². The monoisotopic (exact) mass is 287 g/mol. The van der Waals surface area contributed by atoms with Crippen LogP contribution >= 0.6 is 23.4 Å². The number of hydrogen-bond donors (Lipinski definition) is 2. The van der Waals surface area contributed by atoms with Crippen molar-refractivity contribution in [3.05, 3.63) is 29.3 Å². The molecule has 1 rings (SSSR count). The molecule has 1 amide bonds. The fraction of sp³-hybridized carbons (Fsp3) is 0.462. The first-order chi connectivity index (χ1) is 8.61. The highest BCUT2D eigenvalue weighted by Crippen LogP contribution is 2.15. The Kier molecular flexibility index (Phi) is 7.16. The summed E-state index contributed by atoms with van der Waals surface area (Å²) in [5, 5.41) is 12.3. The summed E-state index contributed by atoms with van der Waals surface area (Å²) in [5.74, 6) is 1.91. The molecule has 0 saturated carbocycles. The first-order valence-electron chi connectivity index (χ1n) is 5.86. The molecule has 0 fully saturated rings. The Morgan fingerprint density at radius 1 is 1.56 bits per heavy atom. The zero-order valence-electron chi connectivity index (χ0n) is 10.4. The van der Waals surface area contributed by atoms with Crippen LogP contribution in [0.4, 0.5) is 5.69 Å². The highest BCUT2D eigenvalue weighted by Gasteiger charge is 2.04. The minimum atomic E-state index is -0.0126. The molecule has 0 aliphatic heterocycles. The Bertz CT molecular complexity index is 387. The van der Waals surface area contributed by atoms with Gasteiger partial charge in [-0.15, -0.1) is 0 Å². The van der Waals surface area contributed by atoms with Crippen LogP contribution in [0.1, 0.15) is 13.3 Å². The molecule has 1 unspecified atom stereocenters. The SMILES string of the molecule is CC(CO)CSCCC(=O)Nc1cccc(Cl)c1. The number of rotatable bonds is 7. The zero-order chi connectivity index (χ0) is 13.4. The van der Waals surface area contributed by atoms with Gasteiger partial charge in [0.15, 0.2) is 0 Å². The molecule has 100 valence electrons. The maximum atomic E-state index is 11.6. The molecule has 5 heteroatoms. The average Bonchev–Trinajstić information content (AvgIpc) is 2.34. The van der Waals surface area contributed by atoms with E-state index >= 15 is 0 Å². The van der Waals surface area contributed by atoms with Crippen LogP contribution in [-0.2, 0) is 4.79 Å². The topological polar surface area (TPSA) is 49.3 Å². The molecule has 2 N–H and O–H groups in total. The maximum absolute atomic E-state index is 11.6. The van der Waals surface area contributed by atoms with Crippen molar-refractivity contribution < 1.29 is 9.90 Å². The number of anilines is 1. The first-order valence-corrected chi connectivity index (χ1v) is 7.39. The molecule has 18 heavy (non-hydrogen) atoms. The van der Waals surface area contributed by atoms with E-state index in [1.54, 1.807) is 30.0 Å². The average molecular weight is 288 g/mol. The normalized spacial score (nSPS) is 12.2. The number of aliphatic hydroxyl groups excluding tert-OH is 1. The van der Waals surface area contributed by atoms with E-state index in [1.165, 1.54) is 0 Å². The molecule has 0 heterocycles. The van der Waals surface area contributed by atoms with Gasteiger partial charge >= 0.3 is 0 Å². The van der Waals surface area contributed by atoms with Crippen LogP contribution in [0.5, 0.6) is 0 Å². The molecule has 0 aliphatic rings. The zero-order valence-corrected chi connectivity index (χ0v) is 11.9. The van der Waals surface area contributed by atoms with Gasteiger partial charge in [0, 0.05) is 29.5 Å². The molecular formula is C13H18ClNO2S. The van der Waals surface area contributed by atoms with E-state index in [2.05, 4.69) is 5.32 Å². The van der Waals surface area contributed by atoms with Gasteiger partial charge in [0.2, 0.25) is 5.91 Å². The molecular weight excluding hydrogens is 270 g/mol. The number of aliphatic hydroxyl groups is 1. The van der Waals surface area contributed by atoms with Gasteiger partial charge in [0.25, 0.3) is 0 Å². The Morgan fingerprint density at radius 3 is 3.00 bits per heavy atom. The standard InChI is InChI=1S/C13H18ClNO2S/c1-10(8-16)9-18-6-5-13(17)15-12-4-2-3-11(14)7-12/h2-4,7,10,16H,5-6,8-9H2,1H3,(H,15,17). The summed E-state index contributed by atoms with van der Waals surface area (Å²) in [7, 11) is 0. The van der Waals surface area contributed by atoms with E-state index in [-0.39, 0.29) is 18.4 Å². The lowest BCUT2D eigenvalue weighted by Gasteiger charge is -2.07. The van der Waals surface area contributed by atoms with E-state index in [1.807, 2.05) is 13.0 Å². The van der Waals surface area contributed by atoms with E-state index in [9.17, 15) is 4.79 Å². The van der Waals surface area contributed by atoms with Crippen molar-refractivity contribution in [2.75, 3.05) is 23.4 Å². The molecule has 0 radical (unpaired) electrons. The number of carbonyl (C=O) groups is 1. The number of thioether (sulfide) groups is 1. The molecule has 0 aliphatic carbocycles. The van der Waals surface area contributed by atoms with Gasteiger partial charge in [-0.1, -0.05) is 24.6 Å². The predicted molar refractivity (Wildman–Crippen MR) is 78.3 cm³/mol. The van der Waals surface area contributed by atoms with E-state index in [4.69, 9.17) is 16.7 Å². The predicted octanol–water partition coefficient (Wildman–Crippen LogP) is 3.03. The highest BCUT2D eigenvalue weighted by molar-refractivity contribution is 7.99. The van der Waals surface area contributed by atoms with Crippen molar-refractivity contribution in [2.24, 2.45) is 5.92 Å². The lowest BCUT2D eigenvalue weighted by atomic mass is 10.2. The van der Waals surface area contributed by atoms with Crippen LogP contribution in [0.3, 0.4) is 0 Å². The summed E-state index contributed by atoms with van der Waals surface area (Å²) >= 11 is 7.51. The summed E-state index contributed by atoms with van der Waals surface area (Å²) in [6.45, 7) is 2.18. The number of amides is 1. The smallest absolute Gasteiger partial charge is 0.225 e. The van der Waals surface area contributed by atoms with Crippen molar-refractivity contribution in [1.82, 2.24) is 0 Å². The first kappa shape index (κ1) is 15.3. The fourth-order valence-electron chi connectivity index (χ4n) is 1.29. The van der Waals surface area contributed by atoms with Crippen LogP contribution in [-0.4, -0.2) is 29.1 Å². The Morgan fingerprint density at radius 2 is 2.33 bits per heavy atom. The van der Waals surface area contributed by atoms with Crippen molar-refractivity contribution in [3.63, 3.8) is 0 Å². The maximum Gasteiger partial charge on any atom is 0.225 e. The van der Waals surface area contributed by atoms with Gasteiger partial charge in [-0.3, -0.25) is 4.79 Å². The second-order valence-corrected chi connectivity index (χ2v) is 5.76. The van der Waals surface area contributed by atoms with Gasteiger partial charge in [0.1, 0.15) is 0 Å². The Labute approximate surface area is 117 Å². The van der Waals surface area contributed by atoms with Crippen molar-refractivity contribution in [2.45, 2.75) is 13.3 Å². The quantitative estimate of drug-likeness (QED) is 0.758. The second kappa shape index (κ2) is 8.40. The lowest BCUT2D eigenvalue weighted by molar-refractivity contribution is -0.115. The molecule has 3 nitrogen and oxygen atoms in total. The summed E-state index contributed by atoms with van der Waals surface area (Å²) in [4.78, 5) is 11.6. The van der Waals surface area contributed by atoms with Gasteiger partial charge < -0.3 is 10.4 Å². The third-order valence-electron chi connectivity index (χ3n) is 2.30. The third-order valence-corrected chi connectivity index (χ3v) is 3.83. The number of benzene rings is 1. The van der Waals surface area contributed by atoms with Crippen LogP contribution in [0.15, 0.2) is 24.3 Å². The second-order valence-electron chi connectivity index (χ2n) is 4.17. The number of halogens is 1. The van der Waals surface area contributed by atoms with Gasteiger partial charge in [-0.25, -0.2) is 0 Å². The molecule has 0 bridgehead atoms. The highest BCUT2D eigenvalue weighted by atomic mass is 35.5. The summed E-state index contributed by atoms with van der Waals surface area (Å²) in [5.41, 5.74) is 0.723. The van der Waals surface area contributed by atoms with Crippen LogP contribution in [0.25, 0.3) is 0 Å². The van der Waals surface area contributed by atoms with E-state index in [0.29, 0.717) is 11.4 Å². The van der Waals surface area contributed by atoms with Gasteiger partial charge in [0.05, 0.1) is 0 Å². The van der Waals surface area contributed by atoms with Gasteiger partial charge in [-0.05, 0) is 29.9 Å². The number of hydrogen-bond acceptors (Lipinski definition) is 3. The Hall–Kier alpha value is -0.710. The fourth-order valence-corrected chi connectivity index (χ4v) is 2.49. The van der Waals surface area contributed by atoms with Crippen LogP contribution in [0.2, 0.25) is 5.02 Å². The number of nitrogens with one attached hydrogen (secondary N) is 1. The Balaban J connectivity index is 2.22. The molecule has 0 spiro atoms. The largest absolute Gasteiger partial charge is 0.396 e. The van der Waals surface area contributed by atoms with E-state index < -0.39 is 0 Å². The summed E-state index contributed by atoms with van der Waals surface area (Å²) in [6.07, 6.45) is 0.468. The molecule has 1 atom stereocenters. The van der Waals surface area contributed by atoms with Crippen molar-refractivity contribution in [3.8, 4) is 0 Å². The third kappa shape index (κ3) is 6.28. The van der Waals surface area contributed by atoms with Crippen molar-refractivity contribution in [1.29, 1.82) is 0 Å². The summed E-state index contributed by atoms with van der Waals surface area (Å²) < 4.78 is 0. The van der Waals surface area contributed by atoms with Crippen LogP contribution < -0.4 is 5.32 Å². The van der Waals surface area contributed by atoms with Crippen LogP contribution in [0, 0.1) is 5.92 Å². The summed E-state index contributed by atoms with van der Waals surface area (Å²) in [6, 6.07) is 7.10. The minimum absolute atomic E-state index is 0.0126. The van der Waals surface area contributed by atoms with Gasteiger partial charge in [-0.2, -0.15) is 11.8 Å². The van der Waals surface area contributed by atoms with Crippen molar-refractivity contribution >= 4 is 35.0 Å². The molecule has 1 aromatic rings. The minimum Gasteiger partial charge on any atom is -0.396 e.